The summed E-state index contributed by atoms with van der Waals surface area (Å²) in [7, 11) is 0. The number of hydrogen-bond acceptors (Lipinski definition) is 1. The maximum absolute atomic E-state index is 12.5. The van der Waals surface area contributed by atoms with Gasteiger partial charge in [0.1, 0.15) is 5.75 Å². The van der Waals surface area contributed by atoms with Crippen LogP contribution >= 0.6 is 15.9 Å². The van der Waals surface area contributed by atoms with E-state index in [1.165, 1.54) is 12.1 Å². The molecule has 1 nitrogen and oxygen atoms in total. The summed E-state index contributed by atoms with van der Waals surface area (Å²) < 4.78 is 42.8. The fourth-order valence-electron chi connectivity index (χ4n) is 1.19. The monoisotopic (exact) mass is 280 g/mol. The van der Waals surface area contributed by atoms with Crippen molar-refractivity contribution in [2.24, 2.45) is 0 Å². The van der Waals surface area contributed by atoms with Crippen molar-refractivity contribution in [2.45, 2.75) is 25.1 Å². The van der Waals surface area contributed by atoms with Gasteiger partial charge in [-0.1, -0.05) is 6.07 Å². The first-order valence-electron chi connectivity index (χ1n) is 4.51. The molecule has 0 amide bonds. The van der Waals surface area contributed by atoms with Gasteiger partial charge in [0, 0.05) is 0 Å². The number of hydrogen-bond donors (Lipinski definition) is 0. The van der Waals surface area contributed by atoms with E-state index in [2.05, 4.69) is 15.9 Å². The lowest BCUT2D eigenvalue weighted by molar-refractivity contribution is -0.138. The van der Waals surface area contributed by atoms with Crippen LogP contribution in [-0.2, 0) is 6.18 Å². The zero-order chi connectivity index (χ0) is 11.1. The third kappa shape index (κ3) is 2.45. The van der Waals surface area contributed by atoms with Gasteiger partial charge < -0.3 is 4.74 Å². The minimum atomic E-state index is -4.35. The number of halogens is 4. The topological polar surface area (TPSA) is 9.23 Å². The van der Waals surface area contributed by atoms with Gasteiger partial charge in [-0.05, 0) is 40.9 Å². The lowest BCUT2D eigenvalue weighted by atomic mass is 10.2. The summed E-state index contributed by atoms with van der Waals surface area (Å²) in [4.78, 5) is 0. The third-order valence-electron chi connectivity index (χ3n) is 2.09. The summed E-state index contributed by atoms with van der Waals surface area (Å²) in [5.74, 6) is 0.271. The molecule has 2 rings (SSSR count). The molecule has 0 radical (unpaired) electrons. The molecule has 0 heterocycles. The molecular weight excluding hydrogens is 273 g/mol. The Labute approximate surface area is 93.4 Å². The van der Waals surface area contributed by atoms with E-state index in [1.807, 2.05) is 0 Å². The van der Waals surface area contributed by atoms with Gasteiger partial charge in [-0.3, -0.25) is 0 Å². The molecule has 1 fully saturated rings. The van der Waals surface area contributed by atoms with Crippen molar-refractivity contribution in [1.82, 2.24) is 0 Å². The van der Waals surface area contributed by atoms with Crippen molar-refractivity contribution in [3.05, 3.63) is 28.2 Å². The number of benzene rings is 1. The summed E-state index contributed by atoms with van der Waals surface area (Å²) in [5, 5.41) is 0. The van der Waals surface area contributed by atoms with Gasteiger partial charge in [-0.25, -0.2) is 0 Å². The Hall–Kier alpha value is -0.710. The molecule has 0 aromatic heterocycles. The molecule has 1 aliphatic rings. The van der Waals surface area contributed by atoms with E-state index in [4.69, 9.17) is 4.74 Å². The highest BCUT2D eigenvalue weighted by Gasteiger charge is 2.34. The van der Waals surface area contributed by atoms with Crippen LogP contribution in [0.4, 0.5) is 13.2 Å². The predicted molar refractivity (Wildman–Crippen MR) is 52.8 cm³/mol. The van der Waals surface area contributed by atoms with E-state index < -0.39 is 11.7 Å². The molecule has 0 spiro atoms. The van der Waals surface area contributed by atoms with E-state index in [-0.39, 0.29) is 16.3 Å². The largest absolute Gasteiger partial charge is 0.489 e. The fraction of sp³-hybridized carbons (Fsp3) is 0.400. The first-order valence-corrected chi connectivity index (χ1v) is 5.30. The molecule has 1 aromatic rings. The van der Waals surface area contributed by atoms with Crippen LogP contribution in [0.25, 0.3) is 0 Å². The van der Waals surface area contributed by atoms with Crippen molar-refractivity contribution in [2.75, 3.05) is 0 Å². The van der Waals surface area contributed by atoms with E-state index >= 15 is 0 Å². The third-order valence-corrected chi connectivity index (χ3v) is 2.90. The smallest absolute Gasteiger partial charge is 0.417 e. The normalized spacial score (nSPS) is 16.5. The van der Waals surface area contributed by atoms with E-state index in [0.717, 1.165) is 18.9 Å². The minimum absolute atomic E-state index is 0.00981. The molecule has 0 N–H and O–H groups in total. The second-order valence-corrected chi connectivity index (χ2v) is 4.23. The van der Waals surface area contributed by atoms with Crippen LogP contribution in [0.2, 0.25) is 0 Å². The van der Waals surface area contributed by atoms with E-state index in [9.17, 15) is 13.2 Å². The standard InChI is InChI=1S/C10H8BrF3O/c11-9-7(10(12,13)14)2-1-3-8(9)15-6-4-5-6/h1-3,6H,4-5H2. The lowest BCUT2D eigenvalue weighted by Gasteiger charge is -2.12. The Kier molecular flexibility index (Phi) is 2.66. The van der Waals surface area contributed by atoms with Crippen LogP contribution in [0.5, 0.6) is 5.75 Å². The Morgan fingerprint density at radius 1 is 1.27 bits per heavy atom. The molecule has 1 aliphatic carbocycles. The first-order chi connectivity index (χ1) is 6.98. The Morgan fingerprint density at radius 3 is 2.47 bits per heavy atom. The van der Waals surface area contributed by atoms with Crippen molar-refractivity contribution in [1.29, 1.82) is 0 Å². The van der Waals surface area contributed by atoms with Crippen LogP contribution in [0.15, 0.2) is 22.7 Å². The Morgan fingerprint density at radius 2 is 1.93 bits per heavy atom. The van der Waals surface area contributed by atoms with Crippen LogP contribution in [0.3, 0.4) is 0 Å². The Balaban J connectivity index is 2.31. The molecule has 5 heteroatoms. The maximum atomic E-state index is 12.5. The summed E-state index contributed by atoms with van der Waals surface area (Å²) in [5.41, 5.74) is -0.694. The summed E-state index contributed by atoms with van der Waals surface area (Å²) in [6, 6.07) is 3.92. The average molecular weight is 281 g/mol. The molecule has 0 atom stereocenters. The molecule has 15 heavy (non-hydrogen) atoms. The predicted octanol–water partition coefficient (Wildman–Crippen LogP) is 4.01. The summed E-state index contributed by atoms with van der Waals surface area (Å²) >= 11 is 2.93. The van der Waals surface area contributed by atoms with Gasteiger partial charge >= 0.3 is 6.18 Å². The first kappa shape index (κ1) is 10.8. The Bertz CT molecular complexity index is 371. The lowest BCUT2D eigenvalue weighted by Crippen LogP contribution is -2.07. The maximum Gasteiger partial charge on any atom is 0.417 e. The molecule has 1 saturated carbocycles. The molecular formula is C10H8BrF3O. The van der Waals surface area contributed by atoms with Crippen LogP contribution in [0, 0.1) is 0 Å². The summed E-state index contributed by atoms with van der Waals surface area (Å²) in [6.45, 7) is 0. The minimum Gasteiger partial charge on any atom is -0.489 e. The molecule has 0 aliphatic heterocycles. The second kappa shape index (κ2) is 3.70. The average Bonchev–Trinajstić information content (AvgIpc) is 2.90. The highest BCUT2D eigenvalue weighted by atomic mass is 79.9. The summed E-state index contributed by atoms with van der Waals surface area (Å²) in [6.07, 6.45) is -2.42. The van der Waals surface area contributed by atoms with Gasteiger partial charge in [0.2, 0.25) is 0 Å². The molecule has 0 unspecified atom stereocenters. The number of rotatable bonds is 2. The van der Waals surface area contributed by atoms with Crippen molar-refractivity contribution >= 4 is 15.9 Å². The van der Waals surface area contributed by atoms with E-state index in [0.29, 0.717) is 0 Å². The van der Waals surface area contributed by atoms with Gasteiger partial charge in [-0.15, -0.1) is 0 Å². The molecule has 0 bridgehead atoms. The highest BCUT2D eigenvalue weighted by molar-refractivity contribution is 9.10. The van der Waals surface area contributed by atoms with Crippen molar-refractivity contribution in [3.8, 4) is 5.75 Å². The van der Waals surface area contributed by atoms with Crippen molar-refractivity contribution in [3.63, 3.8) is 0 Å². The SMILES string of the molecule is FC(F)(F)c1cccc(OC2CC2)c1Br. The number of ether oxygens (including phenoxy) is 1. The zero-order valence-corrected chi connectivity index (χ0v) is 9.23. The van der Waals surface area contributed by atoms with Gasteiger partial charge in [0.05, 0.1) is 16.1 Å². The van der Waals surface area contributed by atoms with E-state index in [1.54, 1.807) is 0 Å². The molecule has 1 aromatic carbocycles. The zero-order valence-electron chi connectivity index (χ0n) is 7.64. The van der Waals surface area contributed by atoms with Crippen LogP contribution < -0.4 is 4.74 Å². The molecule has 0 saturated heterocycles. The second-order valence-electron chi connectivity index (χ2n) is 3.43. The fourth-order valence-corrected chi connectivity index (χ4v) is 1.77. The van der Waals surface area contributed by atoms with Crippen LogP contribution in [-0.4, -0.2) is 6.10 Å². The molecule has 82 valence electrons. The van der Waals surface area contributed by atoms with Gasteiger partial charge in [-0.2, -0.15) is 13.2 Å². The van der Waals surface area contributed by atoms with Gasteiger partial charge in [0.25, 0.3) is 0 Å². The highest BCUT2D eigenvalue weighted by Crippen LogP contribution is 2.41. The van der Waals surface area contributed by atoms with Crippen molar-refractivity contribution < 1.29 is 17.9 Å². The van der Waals surface area contributed by atoms with Gasteiger partial charge in [0.15, 0.2) is 0 Å². The number of alkyl halides is 3. The quantitative estimate of drug-likeness (QED) is 0.795. The van der Waals surface area contributed by atoms with Crippen LogP contribution in [0.1, 0.15) is 18.4 Å².